The number of anilines is 1. The van der Waals surface area contributed by atoms with Gasteiger partial charge in [-0.3, -0.25) is 19.4 Å². The van der Waals surface area contributed by atoms with E-state index >= 15 is 0 Å². The average Bonchev–Trinajstić information content (AvgIpc) is 3.57. The minimum absolute atomic E-state index is 0.0290. The summed E-state index contributed by atoms with van der Waals surface area (Å²) in [4.78, 5) is 46.4. The van der Waals surface area contributed by atoms with Gasteiger partial charge in [0.15, 0.2) is 0 Å². The molecular weight excluding hydrogens is 437 g/mol. The van der Waals surface area contributed by atoms with Crippen LogP contribution < -0.4 is 4.90 Å². The lowest BCUT2D eigenvalue weighted by Gasteiger charge is -2.48. The molecule has 1 aromatic carbocycles. The smallest absolute Gasteiger partial charge is 0.306 e. The van der Waals surface area contributed by atoms with E-state index in [4.69, 9.17) is 4.74 Å². The molecule has 3 atom stereocenters. The molecule has 0 spiro atoms. The van der Waals surface area contributed by atoms with Gasteiger partial charge in [-0.05, 0) is 55.5 Å². The second kappa shape index (κ2) is 9.16. The molecule has 0 saturated heterocycles. The summed E-state index contributed by atoms with van der Waals surface area (Å²) in [5, 5.41) is 0. The van der Waals surface area contributed by atoms with Crippen LogP contribution in [0.3, 0.4) is 0 Å². The molecule has 3 aliphatic rings. The number of benzene rings is 1. The summed E-state index contributed by atoms with van der Waals surface area (Å²) in [5.74, 6) is -1.09. The zero-order valence-electron chi connectivity index (χ0n) is 19.2. The van der Waals surface area contributed by atoms with E-state index in [1.807, 2.05) is 4.90 Å². The van der Waals surface area contributed by atoms with Crippen LogP contribution in [0.1, 0.15) is 66.9 Å². The van der Waals surface area contributed by atoms with Crippen LogP contribution in [0.4, 0.5) is 10.1 Å². The summed E-state index contributed by atoms with van der Waals surface area (Å²) < 4.78 is 19.2. The Balaban J connectivity index is 1.56. The van der Waals surface area contributed by atoms with Crippen molar-refractivity contribution in [2.24, 2.45) is 5.92 Å². The lowest BCUT2D eigenvalue weighted by atomic mass is 9.81. The molecule has 0 unspecified atom stereocenters. The maximum Gasteiger partial charge on any atom is 0.306 e. The van der Waals surface area contributed by atoms with Crippen molar-refractivity contribution in [3.8, 4) is 0 Å². The van der Waals surface area contributed by atoms with Gasteiger partial charge >= 0.3 is 5.97 Å². The first-order valence-electron chi connectivity index (χ1n) is 11.9. The molecule has 2 amide bonds. The first-order chi connectivity index (χ1) is 16.5. The van der Waals surface area contributed by atoms with Gasteiger partial charge in [0.25, 0.3) is 5.91 Å². The molecule has 8 heteroatoms. The van der Waals surface area contributed by atoms with Gasteiger partial charge in [-0.1, -0.05) is 12.5 Å². The summed E-state index contributed by atoms with van der Waals surface area (Å²) in [7, 11) is 1.31. The predicted molar refractivity (Wildman–Crippen MR) is 122 cm³/mol. The number of methoxy groups -OCH3 is 1. The number of halogens is 1. The highest BCUT2D eigenvalue weighted by Crippen LogP contribution is 2.53. The fourth-order valence-corrected chi connectivity index (χ4v) is 5.67. The number of hydrogen-bond donors (Lipinski definition) is 0. The van der Waals surface area contributed by atoms with Gasteiger partial charge in [0, 0.05) is 36.8 Å². The number of fused-ring (bicyclic) bond motifs is 2. The van der Waals surface area contributed by atoms with Crippen molar-refractivity contribution < 1.29 is 23.5 Å². The van der Waals surface area contributed by atoms with Gasteiger partial charge in [0.05, 0.1) is 30.8 Å². The second-order valence-electron chi connectivity index (χ2n) is 9.34. The Morgan fingerprint density at radius 1 is 1.15 bits per heavy atom. The SMILES string of the molecule is COC(=O)CCC(=O)N(C1CC1)[C@H]1c2ccc(F)cc2N(C(=O)c2cccnc2)[C@@H]2CCC[C@@H]21. The van der Waals surface area contributed by atoms with E-state index in [0.29, 0.717) is 11.3 Å². The number of carbonyl (C=O) groups excluding carboxylic acids is 3. The van der Waals surface area contributed by atoms with E-state index in [1.165, 1.54) is 25.4 Å². The summed E-state index contributed by atoms with van der Waals surface area (Å²) in [5.41, 5.74) is 1.77. The number of aromatic nitrogens is 1. The number of hydrogen-bond acceptors (Lipinski definition) is 5. The third-order valence-electron chi connectivity index (χ3n) is 7.27. The molecule has 2 aromatic rings. The van der Waals surface area contributed by atoms with Crippen molar-refractivity contribution in [3.05, 3.63) is 59.7 Å². The Hall–Kier alpha value is -3.29. The van der Waals surface area contributed by atoms with Crippen LogP contribution in [0.2, 0.25) is 0 Å². The monoisotopic (exact) mass is 465 g/mol. The van der Waals surface area contributed by atoms with Crippen LogP contribution in [-0.2, 0) is 14.3 Å². The Kier molecular flexibility index (Phi) is 6.06. The predicted octanol–water partition coefficient (Wildman–Crippen LogP) is 4.04. The van der Waals surface area contributed by atoms with Gasteiger partial charge in [-0.2, -0.15) is 0 Å². The van der Waals surface area contributed by atoms with Gasteiger partial charge in [0.2, 0.25) is 5.91 Å². The molecule has 34 heavy (non-hydrogen) atoms. The third kappa shape index (κ3) is 4.06. The van der Waals surface area contributed by atoms with Crippen LogP contribution in [0.25, 0.3) is 0 Å². The fourth-order valence-electron chi connectivity index (χ4n) is 5.67. The normalized spacial score (nSPS) is 23.1. The van der Waals surface area contributed by atoms with E-state index in [2.05, 4.69) is 4.98 Å². The van der Waals surface area contributed by atoms with Crippen LogP contribution >= 0.6 is 0 Å². The van der Waals surface area contributed by atoms with E-state index < -0.39 is 11.8 Å². The second-order valence-corrected chi connectivity index (χ2v) is 9.34. The zero-order valence-corrected chi connectivity index (χ0v) is 19.2. The molecule has 2 heterocycles. The maximum absolute atomic E-state index is 14.5. The van der Waals surface area contributed by atoms with Crippen molar-refractivity contribution in [1.29, 1.82) is 0 Å². The van der Waals surface area contributed by atoms with Gasteiger partial charge in [-0.15, -0.1) is 0 Å². The van der Waals surface area contributed by atoms with Crippen molar-refractivity contribution >= 4 is 23.5 Å². The molecule has 2 saturated carbocycles. The summed E-state index contributed by atoms with van der Waals surface area (Å²) >= 11 is 0. The lowest BCUT2D eigenvalue weighted by Crippen LogP contribution is -2.53. The first-order valence-corrected chi connectivity index (χ1v) is 11.9. The minimum Gasteiger partial charge on any atom is -0.469 e. The number of pyridine rings is 1. The summed E-state index contributed by atoms with van der Waals surface area (Å²) in [6, 6.07) is 7.68. The highest BCUT2D eigenvalue weighted by atomic mass is 19.1. The van der Waals surface area contributed by atoms with E-state index in [-0.39, 0.29) is 48.7 Å². The maximum atomic E-state index is 14.5. The topological polar surface area (TPSA) is 79.8 Å². The third-order valence-corrected chi connectivity index (χ3v) is 7.27. The largest absolute Gasteiger partial charge is 0.469 e. The number of ether oxygens (including phenoxy) is 1. The number of esters is 1. The minimum atomic E-state index is -0.423. The molecule has 1 aliphatic heterocycles. The zero-order chi connectivity index (χ0) is 23.8. The van der Waals surface area contributed by atoms with Crippen molar-refractivity contribution in [2.75, 3.05) is 12.0 Å². The van der Waals surface area contributed by atoms with E-state index in [1.54, 1.807) is 29.3 Å². The Morgan fingerprint density at radius 3 is 2.68 bits per heavy atom. The number of nitrogens with zero attached hydrogens (tertiary/aromatic N) is 3. The molecule has 0 bridgehead atoms. The molecule has 0 N–H and O–H groups in total. The molecule has 7 nitrogen and oxygen atoms in total. The lowest BCUT2D eigenvalue weighted by molar-refractivity contribution is -0.145. The first kappa shape index (κ1) is 22.5. The Labute approximate surface area is 197 Å². The molecule has 2 aliphatic carbocycles. The number of rotatable bonds is 6. The molecular formula is C26H28FN3O4. The Bertz CT molecular complexity index is 1100. The van der Waals surface area contributed by atoms with Gasteiger partial charge < -0.3 is 14.5 Å². The van der Waals surface area contributed by atoms with Gasteiger partial charge in [0.1, 0.15) is 5.82 Å². The van der Waals surface area contributed by atoms with Crippen LogP contribution in [0.5, 0.6) is 0 Å². The van der Waals surface area contributed by atoms with Crippen molar-refractivity contribution in [2.45, 2.75) is 63.1 Å². The molecule has 2 fully saturated rings. The highest BCUT2D eigenvalue weighted by molar-refractivity contribution is 6.07. The summed E-state index contributed by atoms with van der Waals surface area (Å²) in [6.45, 7) is 0. The van der Waals surface area contributed by atoms with Crippen LogP contribution in [0.15, 0.2) is 42.7 Å². The van der Waals surface area contributed by atoms with Crippen LogP contribution in [-0.4, -0.2) is 46.9 Å². The van der Waals surface area contributed by atoms with E-state index in [0.717, 1.165) is 37.7 Å². The van der Waals surface area contributed by atoms with Gasteiger partial charge in [-0.25, -0.2) is 4.39 Å². The highest BCUT2D eigenvalue weighted by Gasteiger charge is 2.51. The van der Waals surface area contributed by atoms with Crippen molar-refractivity contribution in [1.82, 2.24) is 9.88 Å². The molecule has 178 valence electrons. The quantitative estimate of drug-likeness (QED) is 0.602. The number of carbonyl (C=O) groups is 3. The molecule has 1 aromatic heterocycles. The van der Waals surface area contributed by atoms with E-state index in [9.17, 15) is 18.8 Å². The standard InChI is InChI=1S/C26H28FN3O4/c1-34-24(32)12-11-23(31)29(18-8-9-18)25-19-5-2-6-21(19)30(22-14-17(27)7-10-20(22)25)26(33)16-4-3-13-28-15-16/h3-4,7,10,13-15,18-19,21,25H,2,5-6,8-9,11-12H2,1H3/t19-,21+,25+/m0/s1. The fraction of sp³-hybridized carbons (Fsp3) is 0.462. The molecule has 0 radical (unpaired) electrons. The summed E-state index contributed by atoms with van der Waals surface area (Å²) in [6.07, 6.45) is 7.65. The molecule has 5 rings (SSSR count). The van der Waals surface area contributed by atoms with Crippen LogP contribution in [0, 0.1) is 11.7 Å². The average molecular weight is 466 g/mol. The van der Waals surface area contributed by atoms with Crippen molar-refractivity contribution in [3.63, 3.8) is 0 Å². The Morgan fingerprint density at radius 2 is 1.97 bits per heavy atom. The number of amides is 2.